The van der Waals surface area contributed by atoms with Crippen molar-refractivity contribution in [3.05, 3.63) is 114 Å². The van der Waals surface area contributed by atoms with Gasteiger partial charge in [0.15, 0.2) is 24.1 Å². The summed E-state index contributed by atoms with van der Waals surface area (Å²) in [5.41, 5.74) is 1.36. The molecule has 5 aromatic rings. The van der Waals surface area contributed by atoms with Crippen LogP contribution in [0.1, 0.15) is 56.6 Å². The molecular formula is C38H38N6O7. The van der Waals surface area contributed by atoms with Crippen LogP contribution in [0, 0.1) is 0 Å². The molecule has 0 amide bonds. The summed E-state index contributed by atoms with van der Waals surface area (Å²) in [7, 11) is 3.71. The number of rotatable bonds is 10. The fraction of sp³-hybridized carbons (Fsp3) is 0.316. The minimum atomic E-state index is -1.23. The average Bonchev–Trinajstić information content (AvgIpc) is 3.75. The lowest BCUT2D eigenvalue weighted by molar-refractivity contribution is -0.0654. The van der Waals surface area contributed by atoms with Crippen LogP contribution in [0.5, 0.6) is 0 Å². The van der Waals surface area contributed by atoms with Gasteiger partial charge in [-0.15, -0.1) is 0 Å². The lowest BCUT2D eigenvalue weighted by Gasteiger charge is -2.29. The predicted octanol–water partition coefficient (Wildman–Crippen LogP) is 5.09. The predicted molar refractivity (Wildman–Crippen MR) is 188 cm³/mol. The van der Waals surface area contributed by atoms with Gasteiger partial charge in [-0.05, 0) is 55.7 Å². The Kier molecular flexibility index (Phi) is 9.88. The number of hydrogen-bond donors (Lipinski definition) is 0. The minimum Gasteiger partial charge on any atom is -0.459 e. The van der Waals surface area contributed by atoms with E-state index in [-0.39, 0.29) is 12.2 Å². The standard InChI is InChI=1S/C38H38N6O7/c1-42(2)38-40-32(43-21-13-6-14-22-43)28-23-39-44(33(28)41-38)34-31(51-37(47)27-19-11-5-12-20-27)30(50-36(46)26-17-9-4-10-18-26)29(49-34)24-48-35(45)25-15-7-3-8-16-25/h3-5,7-12,15-20,23,29-31,34H,6,13-14,21-22,24H2,1-2H3/t29-,30-,31-,34-/m1/s1. The molecule has 0 aliphatic carbocycles. The monoisotopic (exact) mass is 690 g/mol. The minimum absolute atomic E-state index is 0.285. The highest BCUT2D eigenvalue weighted by Gasteiger charge is 2.52. The fourth-order valence-corrected chi connectivity index (χ4v) is 6.29. The van der Waals surface area contributed by atoms with Crippen LogP contribution >= 0.6 is 0 Å². The highest BCUT2D eigenvalue weighted by Crippen LogP contribution is 2.38. The molecule has 0 N–H and O–H groups in total. The Bertz CT molecular complexity index is 1980. The molecule has 0 unspecified atom stereocenters. The van der Waals surface area contributed by atoms with Gasteiger partial charge in [0.1, 0.15) is 18.5 Å². The van der Waals surface area contributed by atoms with Gasteiger partial charge in [0.2, 0.25) is 5.95 Å². The molecule has 2 saturated heterocycles. The molecule has 7 rings (SSSR count). The first-order valence-corrected chi connectivity index (χ1v) is 16.9. The summed E-state index contributed by atoms with van der Waals surface area (Å²) in [5, 5.41) is 5.41. The number of anilines is 2. The zero-order valence-electron chi connectivity index (χ0n) is 28.3. The normalized spacial score (nSPS) is 20.2. The molecule has 0 saturated carbocycles. The number of fused-ring (bicyclic) bond motifs is 1. The summed E-state index contributed by atoms with van der Waals surface area (Å²) in [6.45, 7) is 1.37. The molecule has 4 heterocycles. The van der Waals surface area contributed by atoms with Crippen molar-refractivity contribution in [1.29, 1.82) is 0 Å². The number of benzene rings is 3. The average molecular weight is 691 g/mol. The first-order chi connectivity index (χ1) is 24.9. The number of nitrogens with zero attached hydrogens (tertiary/aromatic N) is 6. The Hall–Kier alpha value is -5.82. The summed E-state index contributed by atoms with van der Waals surface area (Å²) in [5.74, 6) is -0.717. The topological polar surface area (TPSA) is 138 Å². The van der Waals surface area contributed by atoms with Crippen LogP contribution in [0.25, 0.3) is 11.0 Å². The molecular weight excluding hydrogens is 652 g/mol. The third-order valence-electron chi connectivity index (χ3n) is 8.90. The van der Waals surface area contributed by atoms with Crippen LogP contribution < -0.4 is 9.80 Å². The molecule has 13 nitrogen and oxygen atoms in total. The molecule has 3 aromatic carbocycles. The maximum Gasteiger partial charge on any atom is 0.338 e. The lowest BCUT2D eigenvalue weighted by Crippen LogP contribution is -2.41. The number of carbonyl (C=O) groups excluding carboxylic acids is 3. The number of aromatic nitrogens is 4. The molecule has 13 heteroatoms. The number of carbonyl (C=O) groups is 3. The van der Waals surface area contributed by atoms with Crippen LogP contribution in [0.2, 0.25) is 0 Å². The van der Waals surface area contributed by atoms with Crippen molar-refractivity contribution in [3.8, 4) is 0 Å². The van der Waals surface area contributed by atoms with Crippen molar-refractivity contribution in [1.82, 2.24) is 19.7 Å². The summed E-state index contributed by atoms with van der Waals surface area (Å²) < 4.78 is 26.1. The van der Waals surface area contributed by atoms with Gasteiger partial charge in [0.05, 0.1) is 28.3 Å². The van der Waals surface area contributed by atoms with Crippen LogP contribution in [-0.2, 0) is 18.9 Å². The molecule has 51 heavy (non-hydrogen) atoms. The van der Waals surface area contributed by atoms with Crippen molar-refractivity contribution in [2.75, 3.05) is 43.6 Å². The van der Waals surface area contributed by atoms with E-state index in [4.69, 9.17) is 34.0 Å². The maximum atomic E-state index is 13.7. The van der Waals surface area contributed by atoms with Gasteiger partial charge in [0.25, 0.3) is 0 Å². The van der Waals surface area contributed by atoms with Gasteiger partial charge in [-0.3, -0.25) is 0 Å². The van der Waals surface area contributed by atoms with E-state index in [1.807, 2.05) is 19.0 Å². The molecule has 0 spiro atoms. The Balaban J connectivity index is 1.30. The van der Waals surface area contributed by atoms with Crippen LogP contribution in [0.3, 0.4) is 0 Å². The van der Waals surface area contributed by atoms with Crippen molar-refractivity contribution >= 4 is 40.7 Å². The quantitative estimate of drug-likeness (QED) is 0.143. The smallest absolute Gasteiger partial charge is 0.338 e. The fourth-order valence-electron chi connectivity index (χ4n) is 6.29. The zero-order valence-corrected chi connectivity index (χ0v) is 28.3. The second-order valence-corrected chi connectivity index (χ2v) is 12.6. The van der Waals surface area contributed by atoms with Crippen LogP contribution in [-0.4, -0.2) is 89.8 Å². The highest BCUT2D eigenvalue weighted by atomic mass is 16.7. The van der Waals surface area contributed by atoms with Crippen molar-refractivity contribution < 1.29 is 33.3 Å². The molecule has 2 aromatic heterocycles. The largest absolute Gasteiger partial charge is 0.459 e. The summed E-state index contributed by atoms with van der Waals surface area (Å²) in [6, 6.07) is 25.5. The second-order valence-electron chi connectivity index (χ2n) is 12.6. The Morgan fingerprint density at radius 2 is 1.29 bits per heavy atom. The van der Waals surface area contributed by atoms with Gasteiger partial charge in [0, 0.05) is 27.2 Å². The molecule has 2 aliphatic rings. The van der Waals surface area contributed by atoms with E-state index in [0.717, 1.165) is 38.2 Å². The van der Waals surface area contributed by atoms with Gasteiger partial charge in [-0.2, -0.15) is 15.1 Å². The summed E-state index contributed by atoms with van der Waals surface area (Å²) in [6.07, 6.45) is 0.263. The Morgan fingerprint density at radius 3 is 1.86 bits per heavy atom. The van der Waals surface area contributed by atoms with Crippen molar-refractivity contribution in [2.45, 2.75) is 43.8 Å². The van der Waals surface area contributed by atoms with E-state index in [0.29, 0.717) is 28.1 Å². The number of hydrogen-bond acceptors (Lipinski definition) is 12. The third-order valence-corrected chi connectivity index (χ3v) is 8.90. The highest BCUT2D eigenvalue weighted by molar-refractivity contribution is 5.91. The lowest BCUT2D eigenvalue weighted by atomic mass is 10.1. The van der Waals surface area contributed by atoms with Crippen molar-refractivity contribution in [2.24, 2.45) is 0 Å². The van der Waals surface area contributed by atoms with E-state index in [1.165, 1.54) is 4.68 Å². The van der Waals surface area contributed by atoms with Gasteiger partial charge in [-0.1, -0.05) is 54.6 Å². The van der Waals surface area contributed by atoms with Gasteiger partial charge in [-0.25, -0.2) is 19.1 Å². The van der Waals surface area contributed by atoms with E-state index < -0.39 is 42.4 Å². The number of ether oxygens (including phenoxy) is 4. The molecule has 262 valence electrons. The Labute approximate surface area is 294 Å². The first kappa shape index (κ1) is 33.7. The van der Waals surface area contributed by atoms with E-state index >= 15 is 0 Å². The van der Waals surface area contributed by atoms with Crippen LogP contribution in [0.15, 0.2) is 97.2 Å². The molecule has 0 bridgehead atoms. The SMILES string of the molecule is CN(C)c1nc(N2CCCCC2)c2cnn([C@@H]3O[C@H](COC(=O)c4ccccc4)[C@@H](OC(=O)c4ccccc4)[C@H]3OC(=O)c3ccccc3)c2n1. The van der Waals surface area contributed by atoms with E-state index in [2.05, 4.69) is 4.90 Å². The van der Waals surface area contributed by atoms with Crippen molar-refractivity contribution in [3.63, 3.8) is 0 Å². The van der Waals surface area contributed by atoms with E-state index in [1.54, 1.807) is 97.2 Å². The molecule has 0 radical (unpaired) electrons. The number of esters is 3. The summed E-state index contributed by atoms with van der Waals surface area (Å²) >= 11 is 0. The molecule has 2 aliphatic heterocycles. The van der Waals surface area contributed by atoms with Gasteiger partial charge >= 0.3 is 17.9 Å². The molecule has 4 atom stereocenters. The number of piperidine rings is 1. The maximum absolute atomic E-state index is 13.7. The Morgan fingerprint density at radius 1 is 0.745 bits per heavy atom. The zero-order chi connectivity index (χ0) is 35.3. The second kappa shape index (κ2) is 15.0. The van der Waals surface area contributed by atoms with Crippen LogP contribution in [0.4, 0.5) is 11.8 Å². The molecule has 2 fully saturated rings. The first-order valence-electron chi connectivity index (χ1n) is 16.9. The third kappa shape index (κ3) is 7.24. The van der Waals surface area contributed by atoms with E-state index in [9.17, 15) is 14.4 Å². The van der Waals surface area contributed by atoms with Gasteiger partial charge < -0.3 is 28.7 Å². The summed E-state index contributed by atoms with van der Waals surface area (Å²) in [4.78, 5) is 54.1.